The van der Waals surface area contributed by atoms with Gasteiger partial charge in [-0.05, 0) is 12.1 Å². The molecule has 2 rings (SSSR count). The van der Waals surface area contributed by atoms with Crippen molar-refractivity contribution in [1.82, 2.24) is 10.3 Å². The number of ether oxygens (including phenoxy) is 1. The normalized spacial score (nSPS) is 15.9. The number of nitrogens with one attached hydrogen (secondary N) is 1. The van der Waals surface area contributed by atoms with E-state index in [0.717, 1.165) is 19.6 Å². The van der Waals surface area contributed by atoms with Crippen molar-refractivity contribution in [3.05, 3.63) is 29.8 Å². The molecule has 0 saturated carbocycles. The van der Waals surface area contributed by atoms with Crippen molar-refractivity contribution < 1.29 is 14.3 Å². The van der Waals surface area contributed by atoms with E-state index in [-0.39, 0.29) is 5.91 Å². The number of amides is 1. The summed E-state index contributed by atoms with van der Waals surface area (Å²) >= 11 is 0. The summed E-state index contributed by atoms with van der Waals surface area (Å²) in [6.07, 6.45) is 1.23. The third-order valence-electron chi connectivity index (χ3n) is 3.34. The zero-order chi connectivity index (χ0) is 14.4. The molecule has 0 spiro atoms. The smallest absolute Gasteiger partial charge is 0.268 e. The first kappa shape index (κ1) is 14.5. The van der Waals surface area contributed by atoms with Crippen LogP contribution in [-0.2, 0) is 4.79 Å². The fraction of sp³-hybridized carbons (Fsp3) is 0.429. The lowest BCUT2D eigenvalue weighted by Crippen LogP contribution is -2.36. The predicted molar refractivity (Wildman–Crippen MR) is 74.3 cm³/mol. The van der Waals surface area contributed by atoms with Gasteiger partial charge < -0.3 is 4.74 Å². The number of likely N-dealkylation sites (tertiary alicyclic amines) is 1. The molecule has 0 unspecified atom stereocenters. The molecule has 1 aliphatic heterocycles. The fourth-order valence-corrected chi connectivity index (χ4v) is 2.17. The molecule has 1 fully saturated rings. The summed E-state index contributed by atoms with van der Waals surface area (Å²) in [5.41, 5.74) is 2.52. The third kappa shape index (κ3) is 3.79. The SMILES string of the molecule is NNC(=O)c1ccccc1OCCN1CCC(=O)CC1. The number of benzene rings is 1. The number of nitrogens with two attached hydrogens (primary N) is 1. The minimum absolute atomic E-state index is 0.326. The minimum Gasteiger partial charge on any atom is -0.491 e. The standard InChI is InChI=1S/C14H19N3O3/c15-16-14(19)12-3-1-2-4-13(12)20-10-9-17-7-5-11(18)6-8-17/h1-4H,5-10,15H2,(H,16,19). The Balaban J connectivity index is 1.85. The van der Waals surface area contributed by atoms with E-state index < -0.39 is 0 Å². The first-order valence-electron chi connectivity index (χ1n) is 6.67. The Kier molecular flexibility index (Phi) is 5.09. The van der Waals surface area contributed by atoms with Crippen LogP contribution in [0.3, 0.4) is 0 Å². The Morgan fingerprint density at radius 1 is 1.30 bits per heavy atom. The first-order valence-corrected chi connectivity index (χ1v) is 6.67. The quantitative estimate of drug-likeness (QED) is 0.460. The van der Waals surface area contributed by atoms with E-state index >= 15 is 0 Å². The zero-order valence-corrected chi connectivity index (χ0v) is 11.3. The zero-order valence-electron chi connectivity index (χ0n) is 11.3. The topological polar surface area (TPSA) is 84.7 Å². The van der Waals surface area contributed by atoms with Gasteiger partial charge in [-0.15, -0.1) is 0 Å². The van der Waals surface area contributed by atoms with Gasteiger partial charge in [0, 0.05) is 32.5 Å². The Bertz CT molecular complexity index is 480. The highest BCUT2D eigenvalue weighted by Crippen LogP contribution is 2.17. The molecule has 20 heavy (non-hydrogen) atoms. The fourth-order valence-electron chi connectivity index (χ4n) is 2.17. The molecule has 1 aromatic rings. The second-order valence-corrected chi connectivity index (χ2v) is 4.70. The average molecular weight is 277 g/mol. The number of ketones is 1. The number of piperidine rings is 1. The summed E-state index contributed by atoms with van der Waals surface area (Å²) in [6, 6.07) is 6.97. The molecule has 1 aromatic carbocycles. The van der Waals surface area contributed by atoms with Crippen LogP contribution in [0.4, 0.5) is 0 Å². The van der Waals surface area contributed by atoms with Gasteiger partial charge in [-0.2, -0.15) is 0 Å². The number of nitrogen functional groups attached to an aromatic ring is 1. The van der Waals surface area contributed by atoms with Crippen LogP contribution in [0.25, 0.3) is 0 Å². The van der Waals surface area contributed by atoms with Gasteiger partial charge in [-0.25, -0.2) is 5.84 Å². The number of hydrazine groups is 1. The Hall–Kier alpha value is -1.92. The number of rotatable bonds is 5. The van der Waals surface area contributed by atoms with Gasteiger partial charge in [0.05, 0.1) is 5.56 Å². The van der Waals surface area contributed by atoms with Crippen LogP contribution < -0.4 is 16.0 Å². The number of Topliss-reactive ketones (excluding diaryl/α,β-unsaturated/α-hetero) is 1. The van der Waals surface area contributed by atoms with Gasteiger partial charge in [0.15, 0.2) is 0 Å². The molecular weight excluding hydrogens is 258 g/mol. The van der Waals surface area contributed by atoms with Gasteiger partial charge in [0.1, 0.15) is 18.1 Å². The molecule has 1 amide bonds. The van der Waals surface area contributed by atoms with Crippen LogP contribution in [0.5, 0.6) is 5.75 Å². The predicted octanol–water partition coefficient (Wildman–Crippen LogP) is 0.334. The molecule has 6 nitrogen and oxygen atoms in total. The Labute approximate surface area is 117 Å². The second-order valence-electron chi connectivity index (χ2n) is 4.70. The largest absolute Gasteiger partial charge is 0.491 e. The van der Waals surface area contributed by atoms with Crippen LogP contribution >= 0.6 is 0 Å². The molecule has 0 aliphatic carbocycles. The molecule has 1 aliphatic rings. The van der Waals surface area contributed by atoms with Crippen LogP contribution in [0, 0.1) is 0 Å². The average Bonchev–Trinajstić information content (AvgIpc) is 2.49. The van der Waals surface area contributed by atoms with Crippen LogP contribution in [-0.4, -0.2) is 42.8 Å². The first-order chi connectivity index (χ1) is 9.70. The number of para-hydroxylation sites is 1. The lowest BCUT2D eigenvalue weighted by Gasteiger charge is -2.25. The van der Waals surface area contributed by atoms with E-state index in [1.807, 2.05) is 6.07 Å². The maximum Gasteiger partial charge on any atom is 0.268 e. The van der Waals surface area contributed by atoms with Gasteiger partial charge >= 0.3 is 0 Å². The molecule has 0 aromatic heterocycles. The lowest BCUT2D eigenvalue weighted by atomic mass is 10.1. The number of nitrogens with zero attached hydrogens (tertiary/aromatic N) is 1. The number of carbonyl (C=O) groups excluding carboxylic acids is 2. The van der Waals surface area contributed by atoms with Gasteiger partial charge in [-0.3, -0.25) is 19.9 Å². The second kappa shape index (κ2) is 7.02. The molecule has 6 heteroatoms. The van der Waals surface area contributed by atoms with Crippen molar-refractivity contribution in [2.24, 2.45) is 5.84 Å². The molecule has 0 bridgehead atoms. The van der Waals surface area contributed by atoms with Crippen LogP contribution in [0.1, 0.15) is 23.2 Å². The van der Waals surface area contributed by atoms with E-state index in [4.69, 9.17) is 10.6 Å². The van der Waals surface area contributed by atoms with E-state index in [1.165, 1.54) is 0 Å². The monoisotopic (exact) mass is 277 g/mol. The number of hydrogen-bond acceptors (Lipinski definition) is 5. The summed E-state index contributed by atoms with van der Waals surface area (Å²) in [4.78, 5) is 24.9. The third-order valence-corrected chi connectivity index (χ3v) is 3.34. The van der Waals surface area contributed by atoms with Crippen molar-refractivity contribution in [3.8, 4) is 5.75 Å². The van der Waals surface area contributed by atoms with Crippen molar-refractivity contribution >= 4 is 11.7 Å². The van der Waals surface area contributed by atoms with Gasteiger partial charge in [0.25, 0.3) is 5.91 Å². The van der Waals surface area contributed by atoms with Crippen molar-refractivity contribution in [2.75, 3.05) is 26.2 Å². The number of carbonyl (C=O) groups is 2. The van der Waals surface area contributed by atoms with Crippen molar-refractivity contribution in [3.63, 3.8) is 0 Å². The van der Waals surface area contributed by atoms with Gasteiger partial charge in [0.2, 0.25) is 0 Å². The highest BCUT2D eigenvalue weighted by Gasteiger charge is 2.16. The molecular formula is C14H19N3O3. The summed E-state index contributed by atoms with van der Waals surface area (Å²) in [6.45, 7) is 2.79. The van der Waals surface area contributed by atoms with Crippen LogP contribution in [0.15, 0.2) is 24.3 Å². The molecule has 108 valence electrons. The molecule has 0 atom stereocenters. The van der Waals surface area contributed by atoms with E-state index in [2.05, 4.69) is 10.3 Å². The summed E-state index contributed by atoms with van der Waals surface area (Å²) in [5.74, 6) is 5.61. The van der Waals surface area contributed by atoms with Crippen molar-refractivity contribution in [2.45, 2.75) is 12.8 Å². The number of hydrogen-bond donors (Lipinski definition) is 2. The molecule has 0 radical (unpaired) electrons. The molecule has 1 saturated heterocycles. The van der Waals surface area contributed by atoms with Crippen LogP contribution in [0.2, 0.25) is 0 Å². The van der Waals surface area contributed by atoms with E-state index in [1.54, 1.807) is 18.2 Å². The van der Waals surface area contributed by atoms with E-state index in [9.17, 15) is 9.59 Å². The van der Waals surface area contributed by atoms with E-state index in [0.29, 0.717) is 36.5 Å². The highest BCUT2D eigenvalue weighted by atomic mass is 16.5. The molecule has 3 N–H and O–H groups in total. The van der Waals surface area contributed by atoms with Crippen molar-refractivity contribution in [1.29, 1.82) is 0 Å². The summed E-state index contributed by atoms with van der Waals surface area (Å²) < 4.78 is 5.65. The Morgan fingerprint density at radius 3 is 2.70 bits per heavy atom. The van der Waals surface area contributed by atoms with Gasteiger partial charge in [-0.1, -0.05) is 12.1 Å². The summed E-state index contributed by atoms with van der Waals surface area (Å²) in [7, 11) is 0. The maximum atomic E-state index is 11.6. The lowest BCUT2D eigenvalue weighted by molar-refractivity contribution is -0.121. The maximum absolute atomic E-state index is 11.6. The minimum atomic E-state index is -0.371. The molecule has 1 heterocycles. The Morgan fingerprint density at radius 2 is 2.00 bits per heavy atom. The highest BCUT2D eigenvalue weighted by molar-refractivity contribution is 5.96. The summed E-state index contributed by atoms with van der Waals surface area (Å²) in [5, 5.41) is 0.